The molecule has 1 aromatic carbocycles. The van der Waals surface area contributed by atoms with E-state index in [1.54, 1.807) is 11.1 Å². The molecule has 4 unspecified atom stereocenters. The Morgan fingerprint density at radius 3 is 2.64 bits per heavy atom. The molecule has 118 valence electrons. The van der Waals surface area contributed by atoms with Gasteiger partial charge in [-0.05, 0) is 92.4 Å². The van der Waals surface area contributed by atoms with Gasteiger partial charge in [0.2, 0.25) is 0 Å². The molecule has 0 N–H and O–H groups in total. The third-order valence-electron chi connectivity index (χ3n) is 7.29. The Hall–Kier alpha value is -1.11. The van der Waals surface area contributed by atoms with Gasteiger partial charge in [-0.1, -0.05) is 19.1 Å². The SMILES string of the molecule is Cc1cc2c(cc1C)C1CCC3(C)C(=O)CCC3C(CC2)C1. The first-order chi connectivity index (χ1) is 10.5. The number of hydrogen-bond acceptors (Lipinski definition) is 1. The molecule has 3 aliphatic rings. The molecule has 1 nitrogen and oxygen atoms in total. The van der Waals surface area contributed by atoms with Crippen LogP contribution in [0.25, 0.3) is 0 Å². The van der Waals surface area contributed by atoms with Crippen molar-refractivity contribution < 1.29 is 4.79 Å². The maximum atomic E-state index is 12.5. The monoisotopic (exact) mass is 296 g/mol. The summed E-state index contributed by atoms with van der Waals surface area (Å²) in [4.78, 5) is 12.5. The summed E-state index contributed by atoms with van der Waals surface area (Å²) in [6.45, 7) is 6.77. The van der Waals surface area contributed by atoms with Crippen molar-refractivity contribution in [1.29, 1.82) is 0 Å². The molecule has 0 spiro atoms. The Bertz CT molecular complexity index is 629. The van der Waals surface area contributed by atoms with Gasteiger partial charge in [0.15, 0.2) is 0 Å². The van der Waals surface area contributed by atoms with Crippen LogP contribution in [0.4, 0.5) is 0 Å². The van der Waals surface area contributed by atoms with Crippen molar-refractivity contribution in [2.24, 2.45) is 17.3 Å². The minimum atomic E-state index is -0.00331. The van der Waals surface area contributed by atoms with Crippen LogP contribution in [0.5, 0.6) is 0 Å². The summed E-state index contributed by atoms with van der Waals surface area (Å²) in [5.74, 6) is 2.67. The van der Waals surface area contributed by atoms with E-state index < -0.39 is 0 Å². The third-order valence-corrected chi connectivity index (χ3v) is 7.29. The quantitative estimate of drug-likeness (QED) is 0.649. The Morgan fingerprint density at radius 1 is 1.05 bits per heavy atom. The van der Waals surface area contributed by atoms with Gasteiger partial charge in [-0.3, -0.25) is 4.79 Å². The summed E-state index contributed by atoms with van der Waals surface area (Å²) in [5, 5.41) is 0. The predicted molar refractivity (Wildman–Crippen MR) is 90.2 cm³/mol. The van der Waals surface area contributed by atoms with Crippen molar-refractivity contribution in [3.63, 3.8) is 0 Å². The molecular formula is C21H28O. The minimum Gasteiger partial charge on any atom is -0.299 e. The van der Waals surface area contributed by atoms with E-state index in [0.29, 0.717) is 17.6 Å². The average Bonchev–Trinajstić information content (AvgIpc) is 2.64. The maximum Gasteiger partial charge on any atom is 0.139 e. The number of benzene rings is 1. The number of fused-ring (bicyclic) bond motifs is 6. The van der Waals surface area contributed by atoms with Crippen LogP contribution in [0.1, 0.15) is 73.6 Å². The molecule has 2 fully saturated rings. The lowest BCUT2D eigenvalue weighted by Gasteiger charge is -2.33. The number of rotatable bonds is 0. The van der Waals surface area contributed by atoms with Crippen molar-refractivity contribution in [1.82, 2.24) is 0 Å². The van der Waals surface area contributed by atoms with Gasteiger partial charge in [0.25, 0.3) is 0 Å². The number of ketones is 1. The zero-order valence-electron chi connectivity index (χ0n) is 14.2. The highest BCUT2D eigenvalue weighted by Crippen LogP contribution is 2.56. The summed E-state index contributed by atoms with van der Waals surface area (Å²) >= 11 is 0. The largest absolute Gasteiger partial charge is 0.299 e. The number of carbonyl (C=O) groups is 1. The molecule has 0 heterocycles. The molecule has 4 rings (SSSR count). The molecule has 1 heteroatoms. The number of hydrogen-bond donors (Lipinski definition) is 0. The van der Waals surface area contributed by atoms with Gasteiger partial charge in [-0.25, -0.2) is 0 Å². The topological polar surface area (TPSA) is 17.1 Å². The maximum absolute atomic E-state index is 12.5. The lowest BCUT2D eigenvalue weighted by Crippen LogP contribution is -2.32. The van der Waals surface area contributed by atoms with Crippen LogP contribution >= 0.6 is 0 Å². The van der Waals surface area contributed by atoms with Gasteiger partial charge in [0, 0.05) is 11.8 Å². The van der Waals surface area contributed by atoms with E-state index in [1.807, 2.05) is 0 Å². The molecule has 0 aliphatic heterocycles. The van der Waals surface area contributed by atoms with Crippen molar-refractivity contribution >= 4 is 5.78 Å². The van der Waals surface area contributed by atoms with Gasteiger partial charge in [-0.15, -0.1) is 0 Å². The van der Waals surface area contributed by atoms with Crippen molar-refractivity contribution in [2.45, 2.75) is 71.6 Å². The van der Waals surface area contributed by atoms with Crippen LogP contribution in [0.2, 0.25) is 0 Å². The van der Waals surface area contributed by atoms with E-state index in [-0.39, 0.29) is 5.41 Å². The molecule has 22 heavy (non-hydrogen) atoms. The second kappa shape index (κ2) is 4.94. The van der Waals surface area contributed by atoms with Gasteiger partial charge < -0.3 is 0 Å². The fourth-order valence-corrected chi connectivity index (χ4v) is 5.74. The number of aryl methyl sites for hydroxylation is 3. The molecule has 3 aliphatic carbocycles. The molecule has 0 radical (unpaired) electrons. The van der Waals surface area contributed by atoms with Crippen molar-refractivity contribution in [3.8, 4) is 0 Å². The predicted octanol–water partition coefficient (Wildman–Crippen LogP) is 5.12. The van der Waals surface area contributed by atoms with Crippen LogP contribution in [-0.2, 0) is 11.2 Å². The van der Waals surface area contributed by atoms with Crippen molar-refractivity contribution in [2.75, 3.05) is 0 Å². The first-order valence-electron chi connectivity index (χ1n) is 9.12. The Labute approximate surface area is 134 Å². The average molecular weight is 296 g/mol. The van der Waals surface area contributed by atoms with Crippen LogP contribution in [0.3, 0.4) is 0 Å². The van der Waals surface area contributed by atoms with E-state index in [4.69, 9.17) is 0 Å². The van der Waals surface area contributed by atoms with Gasteiger partial charge in [-0.2, -0.15) is 0 Å². The molecule has 0 saturated heterocycles. The Kier molecular flexibility index (Phi) is 3.25. The van der Waals surface area contributed by atoms with Crippen molar-refractivity contribution in [3.05, 3.63) is 34.4 Å². The molecular weight excluding hydrogens is 268 g/mol. The molecule has 2 saturated carbocycles. The van der Waals surface area contributed by atoms with E-state index in [2.05, 4.69) is 32.9 Å². The van der Waals surface area contributed by atoms with E-state index >= 15 is 0 Å². The summed E-state index contributed by atoms with van der Waals surface area (Å²) in [5.41, 5.74) is 6.08. The number of carbonyl (C=O) groups excluding carboxylic acids is 1. The molecule has 2 bridgehead atoms. The van der Waals surface area contributed by atoms with Crippen LogP contribution in [0, 0.1) is 31.1 Å². The van der Waals surface area contributed by atoms with Crippen LogP contribution in [-0.4, -0.2) is 5.78 Å². The minimum absolute atomic E-state index is 0.00331. The highest BCUT2D eigenvalue weighted by Gasteiger charge is 2.51. The molecule has 0 aromatic heterocycles. The Balaban J connectivity index is 1.75. The highest BCUT2D eigenvalue weighted by atomic mass is 16.1. The second-order valence-electron chi connectivity index (χ2n) is 8.39. The van der Waals surface area contributed by atoms with Gasteiger partial charge >= 0.3 is 0 Å². The summed E-state index contributed by atoms with van der Waals surface area (Å²) in [6, 6.07) is 4.91. The zero-order valence-corrected chi connectivity index (χ0v) is 14.2. The molecule has 4 atom stereocenters. The lowest BCUT2D eigenvalue weighted by atomic mass is 9.70. The van der Waals surface area contributed by atoms with E-state index in [0.717, 1.165) is 25.2 Å². The second-order valence-corrected chi connectivity index (χ2v) is 8.39. The summed E-state index contributed by atoms with van der Waals surface area (Å²) in [6.07, 6.45) is 8.16. The van der Waals surface area contributed by atoms with Crippen LogP contribution < -0.4 is 0 Å². The van der Waals surface area contributed by atoms with E-state index in [1.165, 1.54) is 36.8 Å². The lowest BCUT2D eigenvalue weighted by molar-refractivity contribution is -0.127. The summed E-state index contributed by atoms with van der Waals surface area (Å²) < 4.78 is 0. The first kappa shape index (κ1) is 14.5. The van der Waals surface area contributed by atoms with Crippen LogP contribution in [0.15, 0.2) is 12.1 Å². The fraction of sp³-hybridized carbons (Fsp3) is 0.667. The first-order valence-corrected chi connectivity index (χ1v) is 9.12. The molecule has 0 amide bonds. The standard InChI is InChI=1S/C21H28O/c1-13-10-15-4-5-17-12-16(18(15)11-14(13)2)8-9-21(3)19(17)6-7-20(21)22/h10-11,16-17,19H,4-9,12H2,1-3H3. The van der Waals surface area contributed by atoms with Gasteiger partial charge in [0.1, 0.15) is 5.78 Å². The number of Topliss-reactive ketones (excluding diaryl/α,β-unsaturated/α-hetero) is 1. The normalized spacial score (nSPS) is 37.2. The van der Waals surface area contributed by atoms with Gasteiger partial charge in [0.05, 0.1) is 0 Å². The Morgan fingerprint density at radius 2 is 1.82 bits per heavy atom. The zero-order chi connectivity index (χ0) is 15.5. The highest BCUT2D eigenvalue weighted by molar-refractivity contribution is 5.87. The molecule has 1 aromatic rings. The van der Waals surface area contributed by atoms with E-state index in [9.17, 15) is 4.79 Å². The fourth-order valence-electron chi connectivity index (χ4n) is 5.74. The third kappa shape index (κ3) is 2.01. The summed E-state index contributed by atoms with van der Waals surface area (Å²) in [7, 11) is 0. The smallest absolute Gasteiger partial charge is 0.139 e.